The summed E-state index contributed by atoms with van der Waals surface area (Å²) >= 11 is 8.02. The minimum atomic E-state index is -0.488. The molecule has 0 saturated carbocycles. The molecule has 97 heavy (non-hydrogen) atoms. The Labute approximate surface area is 569 Å². The van der Waals surface area contributed by atoms with Crippen LogP contribution >= 0.6 is 27.5 Å². The van der Waals surface area contributed by atoms with Gasteiger partial charge in [0.2, 0.25) is 5.24 Å². The van der Waals surface area contributed by atoms with E-state index in [2.05, 4.69) is 35.7 Å². The molecule has 26 nitrogen and oxygen atoms in total. The monoisotopic (exact) mass is 1440 g/mol. The van der Waals surface area contributed by atoms with Crippen molar-refractivity contribution in [3.8, 4) is 46.0 Å². The van der Waals surface area contributed by atoms with E-state index in [1.165, 1.54) is 42.5 Å². The first-order chi connectivity index (χ1) is 46.5. The van der Waals surface area contributed by atoms with Crippen LogP contribution in [0, 0.1) is 0 Å². The summed E-state index contributed by atoms with van der Waals surface area (Å²) in [6, 6.07) is 24.1. The zero-order valence-electron chi connectivity index (χ0n) is 53.9. The topological polar surface area (TPSA) is 388 Å². The minimum Gasteiger partial charge on any atom is -0.504 e. The summed E-state index contributed by atoms with van der Waals surface area (Å²) in [7, 11) is 0. The van der Waals surface area contributed by atoms with E-state index in [1.54, 1.807) is 75.4 Å². The maximum atomic E-state index is 11.5. The number of ether oxygens (including phenoxy) is 8. The average Bonchev–Trinajstić information content (AvgIpc) is 0.852. The molecule has 0 bridgehead atoms. The molecule has 0 unspecified atom stereocenters. The summed E-state index contributed by atoms with van der Waals surface area (Å²) in [5.41, 5.74) is 0.660. The molecule has 0 aliphatic rings. The van der Waals surface area contributed by atoms with Crippen LogP contribution in [0.5, 0.6) is 46.0 Å². The lowest BCUT2D eigenvalue weighted by Crippen LogP contribution is -2.11. The average molecular weight is 1440 g/mol. The van der Waals surface area contributed by atoms with Gasteiger partial charge in [0.1, 0.15) is 22.3 Å². The van der Waals surface area contributed by atoms with Crippen molar-refractivity contribution in [1.29, 1.82) is 0 Å². The lowest BCUT2D eigenvalue weighted by molar-refractivity contribution is -0.140. The number of carbonyl (C=O) groups is 3. The molecule has 0 radical (unpaired) electrons. The van der Waals surface area contributed by atoms with E-state index in [-0.39, 0.29) is 69.9 Å². The third-order valence-electron chi connectivity index (χ3n) is 11.9. The van der Waals surface area contributed by atoms with Crippen molar-refractivity contribution >= 4 is 88.6 Å². The highest BCUT2D eigenvalue weighted by atomic mass is 79.9. The Hall–Kier alpha value is -9.48. The number of alkyl halides is 1. The van der Waals surface area contributed by atoms with Crippen molar-refractivity contribution in [3.05, 3.63) is 175 Å². The Bertz CT molecular complexity index is 3930. The lowest BCUT2D eigenvalue weighted by Gasteiger charge is -2.14. The predicted molar refractivity (Wildman–Crippen MR) is 365 cm³/mol. The zero-order valence-corrected chi connectivity index (χ0v) is 56.2. The molecule has 8 rings (SSSR count). The van der Waals surface area contributed by atoms with Gasteiger partial charge < -0.3 is 91.3 Å². The molecular formula is C69H80BrClO26. The van der Waals surface area contributed by atoms with Gasteiger partial charge in [0, 0.05) is 164 Å². The van der Waals surface area contributed by atoms with Crippen LogP contribution in [0.4, 0.5) is 0 Å². The van der Waals surface area contributed by atoms with E-state index in [4.69, 9.17) is 103 Å². The normalized spacial score (nSPS) is 10.3. The summed E-state index contributed by atoms with van der Waals surface area (Å²) in [5.74, 6) is 1.32. The number of aromatic hydroxyl groups is 2. The van der Waals surface area contributed by atoms with Gasteiger partial charge in [-0.1, -0.05) is 35.7 Å². The number of aliphatic hydroxyl groups is 5. The number of aliphatic hydroxyl groups excluding tert-OH is 5. The molecule has 0 fully saturated rings. The fourth-order valence-electron chi connectivity index (χ4n) is 7.10. The van der Waals surface area contributed by atoms with Crippen LogP contribution in [0.15, 0.2) is 170 Å². The molecule has 28 heteroatoms. The van der Waals surface area contributed by atoms with Crippen LogP contribution < -0.4 is 50.9 Å². The molecule has 0 aliphatic carbocycles. The highest BCUT2D eigenvalue weighted by molar-refractivity contribution is 9.09. The van der Waals surface area contributed by atoms with Crippen molar-refractivity contribution in [2.24, 2.45) is 0 Å². The number of allylic oxidation sites excluding steroid dienone is 1. The van der Waals surface area contributed by atoms with Gasteiger partial charge in [-0.25, -0.2) is 28.8 Å². The largest absolute Gasteiger partial charge is 0.504 e. The van der Waals surface area contributed by atoms with Gasteiger partial charge in [-0.3, -0.25) is 4.79 Å². The van der Waals surface area contributed by atoms with Crippen LogP contribution in [-0.2, 0) is 23.9 Å². The summed E-state index contributed by atoms with van der Waals surface area (Å²) in [4.78, 5) is 77.4. The quantitative estimate of drug-likeness (QED) is 0.00404. The number of esters is 2. The Balaban J connectivity index is 0.000000329. The van der Waals surface area contributed by atoms with Crippen molar-refractivity contribution in [1.82, 2.24) is 0 Å². The second kappa shape index (κ2) is 45.8. The fraction of sp³-hybridized carbons (Fsp3) is 0.348. The molecule has 0 spiro atoms. The van der Waals surface area contributed by atoms with Crippen LogP contribution in [0.2, 0.25) is 0 Å². The second-order valence-electron chi connectivity index (χ2n) is 20.2. The van der Waals surface area contributed by atoms with Gasteiger partial charge in [0.15, 0.2) is 46.0 Å². The highest BCUT2D eigenvalue weighted by Crippen LogP contribution is 2.35. The van der Waals surface area contributed by atoms with E-state index in [0.717, 1.165) is 22.5 Å². The summed E-state index contributed by atoms with van der Waals surface area (Å²) in [6.45, 7) is 17.7. The van der Waals surface area contributed by atoms with E-state index >= 15 is 0 Å². The molecule has 7 N–H and O–H groups in total. The molecule has 4 heterocycles. The van der Waals surface area contributed by atoms with Crippen LogP contribution in [0.25, 0.3) is 43.9 Å². The van der Waals surface area contributed by atoms with E-state index in [1.807, 2.05) is 0 Å². The minimum absolute atomic E-state index is 0.0311. The molecule has 4 aromatic heterocycles. The highest BCUT2D eigenvalue weighted by Gasteiger charge is 2.15. The summed E-state index contributed by atoms with van der Waals surface area (Å²) in [6.07, 6.45) is 3.79. The van der Waals surface area contributed by atoms with Crippen molar-refractivity contribution in [3.63, 3.8) is 0 Å². The maximum Gasteiger partial charge on any atom is 0.336 e. The zero-order chi connectivity index (χ0) is 71.7. The van der Waals surface area contributed by atoms with E-state index in [9.17, 15) is 33.6 Å². The van der Waals surface area contributed by atoms with Gasteiger partial charge in [0.25, 0.3) is 0 Å². The van der Waals surface area contributed by atoms with E-state index in [0.29, 0.717) is 150 Å². The third-order valence-corrected chi connectivity index (χ3v) is 12.8. The Morgan fingerprint density at radius 2 is 0.629 bits per heavy atom. The van der Waals surface area contributed by atoms with Crippen molar-refractivity contribution in [2.45, 2.75) is 65.7 Å². The maximum absolute atomic E-state index is 11.5. The number of halogens is 2. The number of benzene rings is 4. The van der Waals surface area contributed by atoms with Gasteiger partial charge in [-0.2, -0.15) is 0 Å². The van der Waals surface area contributed by atoms with Gasteiger partial charge in [0.05, 0.1) is 52.9 Å². The molecule has 8 aromatic rings. The molecule has 0 saturated heterocycles. The number of hydrogen-bond acceptors (Lipinski definition) is 26. The molecule has 526 valence electrons. The first-order valence-corrected chi connectivity index (χ1v) is 31.6. The molecule has 0 atom stereocenters. The van der Waals surface area contributed by atoms with Crippen LogP contribution in [-0.4, -0.2) is 144 Å². The number of rotatable bonds is 31. The standard InChI is InChI=1S/C23H26O8.2C15H18O6.C9H6O4.C4H5ClO.C3H7BrO/c1-15(2)22(25)29-11-5-9-27-19-13-17-7-8-21(24)31-18(17)14-20(19)28-10-6-12-30-23(26)16(3)4;2*16-5-1-7-19-13-9-11-3-4-15(18)21-12(11)10-14(13)20-8-2-6-17;10-6-3-5-1-2-9(12)13-8(5)4-7(6)11;1-3(2)4(5)6;4-2-1-3-5/h7-8,13-14H,1,3,5-6,9-12H2,2,4H3;2*3-4,9-10,16-17H,1-2,5-8H2;1-4,10-11H;1H2,2H3;5H,1-3H2. The molecule has 0 aliphatic heterocycles. The first kappa shape index (κ1) is 81.8. The lowest BCUT2D eigenvalue weighted by atomic mass is 10.2. The van der Waals surface area contributed by atoms with Gasteiger partial charge in [-0.05, 0) is 87.3 Å². The Kier molecular flexibility index (Phi) is 38.6. The van der Waals surface area contributed by atoms with Gasteiger partial charge in [-0.15, -0.1) is 0 Å². The number of hydrogen-bond donors (Lipinski definition) is 7. The third kappa shape index (κ3) is 31.3. The molecule has 0 amide bonds. The van der Waals surface area contributed by atoms with E-state index < -0.39 is 39.7 Å². The smallest absolute Gasteiger partial charge is 0.336 e. The molecular weight excluding hydrogens is 1360 g/mol. The SMILES string of the molecule is C=C(C)C(=O)Cl.C=C(C)C(=O)OCCCOc1cc2ccc(=O)oc2cc1OCCCOC(=O)C(=C)C.O=c1ccc2cc(O)c(O)cc2o1.O=c1ccc2cc(OCCCO)c(OCCCO)cc2o1.O=c1ccc2cc(OCCCO)c(OCCCO)cc2o1.OCCCBr. The second-order valence-corrected chi connectivity index (χ2v) is 21.3. The number of phenolic OH excluding ortho intramolecular Hbond substituents is 2. The predicted octanol–water partition coefficient (Wildman–Crippen LogP) is 9.50. The van der Waals surface area contributed by atoms with Crippen LogP contribution in [0.1, 0.15) is 65.7 Å². The van der Waals surface area contributed by atoms with Crippen molar-refractivity contribution in [2.75, 3.05) is 91.2 Å². The number of fused-ring (bicyclic) bond motifs is 4. The van der Waals surface area contributed by atoms with Crippen LogP contribution in [0.3, 0.4) is 0 Å². The number of phenols is 2. The molecule has 4 aromatic carbocycles. The summed E-state index contributed by atoms with van der Waals surface area (Å²) in [5, 5.41) is 64.6. The fourth-order valence-corrected chi connectivity index (χ4v) is 7.35. The Morgan fingerprint density at radius 3 is 0.876 bits per heavy atom. The first-order valence-electron chi connectivity index (χ1n) is 30.1. The Morgan fingerprint density at radius 1 is 0.381 bits per heavy atom. The summed E-state index contributed by atoms with van der Waals surface area (Å²) < 4.78 is 64.0. The van der Waals surface area contributed by atoms with Gasteiger partial charge >= 0.3 is 34.4 Å². The van der Waals surface area contributed by atoms with Crippen molar-refractivity contribution < 1.29 is 106 Å². The number of carbonyl (C=O) groups excluding carboxylic acids is 3.